The molecule has 0 amide bonds. The maximum absolute atomic E-state index is 13.1. The van der Waals surface area contributed by atoms with Crippen molar-refractivity contribution in [3.05, 3.63) is 24.0 Å². The molecule has 1 atom stereocenters. The fourth-order valence-corrected chi connectivity index (χ4v) is 1.91. The van der Waals surface area contributed by atoms with Crippen molar-refractivity contribution in [2.75, 3.05) is 30.8 Å². The third-order valence-corrected chi connectivity index (χ3v) is 2.94. The fraction of sp³-hybridized carbons (Fsp3) is 0.500. The molecule has 16 heavy (non-hydrogen) atoms. The van der Waals surface area contributed by atoms with Gasteiger partial charge in [0.15, 0.2) is 0 Å². The molecule has 0 saturated carbocycles. The van der Waals surface area contributed by atoms with Crippen LogP contribution < -0.4 is 11.1 Å². The molecular formula is C12H17FN2O. The van der Waals surface area contributed by atoms with Crippen LogP contribution >= 0.6 is 0 Å². The van der Waals surface area contributed by atoms with Crippen LogP contribution in [0.25, 0.3) is 0 Å². The molecule has 3 nitrogen and oxygen atoms in total. The molecule has 3 N–H and O–H groups in total. The van der Waals surface area contributed by atoms with E-state index in [2.05, 4.69) is 5.32 Å². The molecule has 0 spiro atoms. The second-order valence-corrected chi connectivity index (χ2v) is 4.15. The molecule has 0 aliphatic carbocycles. The smallest absolute Gasteiger partial charge is 0.148 e. The first-order chi connectivity index (χ1) is 7.77. The van der Waals surface area contributed by atoms with Gasteiger partial charge in [-0.3, -0.25) is 0 Å². The van der Waals surface area contributed by atoms with Crippen LogP contribution in [0.1, 0.15) is 12.8 Å². The maximum atomic E-state index is 13.1. The Balaban J connectivity index is 1.82. The lowest BCUT2D eigenvalue weighted by Gasteiger charge is -2.11. The zero-order chi connectivity index (χ0) is 11.4. The fourth-order valence-electron chi connectivity index (χ4n) is 1.91. The summed E-state index contributed by atoms with van der Waals surface area (Å²) in [4.78, 5) is 0. The summed E-state index contributed by atoms with van der Waals surface area (Å²) in [5, 5.41) is 3.16. The van der Waals surface area contributed by atoms with E-state index in [-0.39, 0.29) is 11.5 Å². The van der Waals surface area contributed by atoms with Gasteiger partial charge in [-0.25, -0.2) is 4.39 Å². The summed E-state index contributed by atoms with van der Waals surface area (Å²) in [6.07, 6.45) is 2.16. The zero-order valence-corrected chi connectivity index (χ0v) is 9.21. The molecule has 0 aromatic heterocycles. The molecule has 0 radical (unpaired) electrons. The minimum absolute atomic E-state index is 0.199. The number of halogens is 1. The summed E-state index contributed by atoms with van der Waals surface area (Å²) in [7, 11) is 0. The number of rotatable bonds is 4. The normalized spacial score (nSPS) is 19.9. The average Bonchev–Trinajstić information content (AvgIpc) is 2.77. The molecule has 1 unspecified atom stereocenters. The van der Waals surface area contributed by atoms with E-state index in [1.54, 1.807) is 12.1 Å². The second kappa shape index (κ2) is 5.16. The highest BCUT2D eigenvalue weighted by atomic mass is 19.1. The van der Waals surface area contributed by atoms with Gasteiger partial charge in [-0.2, -0.15) is 0 Å². The van der Waals surface area contributed by atoms with E-state index < -0.39 is 0 Å². The van der Waals surface area contributed by atoms with Gasteiger partial charge >= 0.3 is 0 Å². The van der Waals surface area contributed by atoms with Crippen LogP contribution in [0, 0.1) is 11.7 Å². The van der Waals surface area contributed by atoms with Crippen LogP contribution in [0.15, 0.2) is 18.2 Å². The van der Waals surface area contributed by atoms with Crippen molar-refractivity contribution in [2.24, 2.45) is 5.92 Å². The predicted octanol–water partition coefficient (Wildman–Crippen LogP) is 2.25. The molecule has 2 rings (SSSR count). The van der Waals surface area contributed by atoms with Gasteiger partial charge in [-0.15, -0.1) is 0 Å². The Bertz CT molecular complexity index is 351. The molecule has 0 bridgehead atoms. The number of nitrogens with one attached hydrogen (secondary N) is 1. The van der Waals surface area contributed by atoms with Gasteiger partial charge in [-0.1, -0.05) is 6.07 Å². The van der Waals surface area contributed by atoms with Crippen LogP contribution in [0.2, 0.25) is 0 Å². The van der Waals surface area contributed by atoms with E-state index in [1.165, 1.54) is 6.07 Å². The van der Waals surface area contributed by atoms with Crippen molar-refractivity contribution in [1.82, 2.24) is 0 Å². The first-order valence-electron chi connectivity index (χ1n) is 5.63. The third kappa shape index (κ3) is 2.64. The summed E-state index contributed by atoms with van der Waals surface area (Å²) in [6.45, 7) is 2.52. The first kappa shape index (κ1) is 11.2. The Morgan fingerprint density at radius 3 is 3.12 bits per heavy atom. The molecule has 4 heteroatoms. The topological polar surface area (TPSA) is 47.3 Å². The SMILES string of the molecule is Nc1c(F)cccc1NCCC1CCOC1. The standard InChI is InChI=1S/C12H17FN2O/c13-10-2-1-3-11(12(10)14)15-6-4-9-5-7-16-8-9/h1-3,9,15H,4-8,14H2. The average molecular weight is 224 g/mol. The van der Waals surface area contributed by atoms with Gasteiger partial charge in [0.1, 0.15) is 5.82 Å². The van der Waals surface area contributed by atoms with Crippen LogP contribution in [0.4, 0.5) is 15.8 Å². The van der Waals surface area contributed by atoms with Gasteiger partial charge in [-0.05, 0) is 30.9 Å². The van der Waals surface area contributed by atoms with Crippen molar-refractivity contribution < 1.29 is 9.13 Å². The summed E-state index contributed by atoms with van der Waals surface area (Å²) in [6, 6.07) is 4.82. The van der Waals surface area contributed by atoms with Gasteiger partial charge in [0.2, 0.25) is 0 Å². The van der Waals surface area contributed by atoms with Gasteiger partial charge in [0, 0.05) is 19.8 Å². The summed E-state index contributed by atoms with van der Waals surface area (Å²) >= 11 is 0. The highest BCUT2D eigenvalue weighted by Crippen LogP contribution is 2.22. The lowest BCUT2D eigenvalue weighted by Crippen LogP contribution is -2.10. The summed E-state index contributed by atoms with van der Waals surface area (Å²) in [5.74, 6) is 0.261. The minimum atomic E-state index is -0.366. The van der Waals surface area contributed by atoms with E-state index in [0.29, 0.717) is 11.6 Å². The molecule has 88 valence electrons. The molecule has 1 heterocycles. The number of anilines is 2. The molecule has 1 aliphatic rings. The van der Waals surface area contributed by atoms with Crippen molar-refractivity contribution in [3.63, 3.8) is 0 Å². The Morgan fingerprint density at radius 1 is 1.50 bits per heavy atom. The van der Waals surface area contributed by atoms with Crippen LogP contribution in [0.5, 0.6) is 0 Å². The van der Waals surface area contributed by atoms with Crippen LogP contribution in [-0.4, -0.2) is 19.8 Å². The van der Waals surface area contributed by atoms with E-state index in [1.807, 2.05) is 0 Å². The number of nitrogens with two attached hydrogens (primary N) is 1. The molecule has 1 aromatic carbocycles. The van der Waals surface area contributed by atoms with Crippen LogP contribution in [-0.2, 0) is 4.74 Å². The number of hydrogen-bond donors (Lipinski definition) is 2. The van der Waals surface area contributed by atoms with Gasteiger partial charge < -0.3 is 15.8 Å². The highest BCUT2D eigenvalue weighted by Gasteiger charge is 2.14. The Labute approximate surface area is 94.8 Å². The maximum Gasteiger partial charge on any atom is 0.148 e. The quantitative estimate of drug-likeness (QED) is 0.771. The van der Waals surface area contributed by atoms with Gasteiger partial charge in [0.05, 0.1) is 11.4 Å². The number of ether oxygens (including phenoxy) is 1. The Kier molecular flexibility index (Phi) is 3.62. The molecule has 1 aromatic rings. The molecular weight excluding hydrogens is 207 g/mol. The number of nitrogen functional groups attached to an aromatic ring is 1. The molecule has 1 fully saturated rings. The largest absolute Gasteiger partial charge is 0.395 e. The lowest BCUT2D eigenvalue weighted by atomic mass is 10.1. The summed E-state index contributed by atoms with van der Waals surface area (Å²) in [5.41, 5.74) is 6.49. The number of hydrogen-bond acceptors (Lipinski definition) is 3. The van der Waals surface area contributed by atoms with E-state index >= 15 is 0 Å². The third-order valence-electron chi connectivity index (χ3n) is 2.94. The Morgan fingerprint density at radius 2 is 2.38 bits per heavy atom. The van der Waals surface area contributed by atoms with Crippen molar-refractivity contribution in [3.8, 4) is 0 Å². The van der Waals surface area contributed by atoms with Crippen LogP contribution in [0.3, 0.4) is 0 Å². The summed E-state index contributed by atoms with van der Waals surface area (Å²) < 4.78 is 18.4. The van der Waals surface area contributed by atoms with Crippen molar-refractivity contribution in [1.29, 1.82) is 0 Å². The molecule has 1 saturated heterocycles. The molecule has 1 aliphatic heterocycles. The highest BCUT2D eigenvalue weighted by molar-refractivity contribution is 5.66. The van der Waals surface area contributed by atoms with E-state index in [0.717, 1.165) is 32.6 Å². The first-order valence-corrected chi connectivity index (χ1v) is 5.63. The number of benzene rings is 1. The minimum Gasteiger partial charge on any atom is -0.395 e. The Hall–Kier alpha value is -1.29. The second-order valence-electron chi connectivity index (χ2n) is 4.15. The number of para-hydroxylation sites is 1. The van der Waals surface area contributed by atoms with Crippen molar-refractivity contribution in [2.45, 2.75) is 12.8 Å². The monoisotopic (exact) mass is 224 g/mol. The van der Waals surface area contributed by atoms with Crippen molar-refractivity contribution >= 4 is 11.4 Å². The zero-order valence-electron chi connectivity index (χ0n) is 9.21. The van der Waals surface area contributed by atoms with E-state index in [4.69, 9.17) is 10.5 Å². The van der Waals surface area contributed by atoms with E-state index in [9.17, 15) is 4.39 Å². The predicted molar refractivity (Wildman–Crippen MR) is 62.8 cm³/mol. The lowest BCUT2D eigenvalue weighted by molar-refractivity contribution is 0.185. The van der Waals surface area contributed by atoms with Gasteiger partial charge in [0.25, 0.3) is 0 Å².